The first-order valence-corrected chi connectivity index (χ1v) is 6.26. The Balaban J connectivity index is 2.09. The number of halogens is 1. The van der Waals surface area contributed by atoms with Crippen molar-refractivity contribution in [3.63, 3.8) is 0 Å². The van der Waals surface area contributed by atoms with Crippen LogP contribution in [0.5, 0.6) is 0 Å². The highest BCUT2D eigenvalue weighted by Gasteiger charge is 2.28. The van der Waals surface area contributed by atoms with Gasteiger partial charge in [-0.15, -0.1) is 0 Å². The molecule has 0 spiro atoms. The second-order valence-corrected chi connectivity index (χ2v) is 4.87. The van der Waals surface area contributed by atoms with Crippen molar-refractivity contribution in [1.82, 2.24) is 10.6 Å². The van der Waals surface area contributed by atoms with Gasteiger partial charge in [-0.05, 0) is 31.0 Å². The second kappa shape index (κ2) is 5.40. The number of aryl methyl sites for hydroxylation is 1. The van der Waals surface area contributed by atoms with Crippen LogP contribution < -0.4 is 10.6 Å². The summed E-state index contributed by atoms with van der Waals surface area (Å²) in [6, 6.07) is 4.37. The van der Waals surface area contributed by atoms with Crippen LogP contribution >= 0.6 is 11.6 Å². The number of hydrogen-bond acceptors (Lipinski definition) is 3. The van der Waals surface area contributed by atoms with E-state index < -0.39 is 17.9 Å². The van der Waals surface area contributed by atoms with Crippen LogP contribution in [0.3, 0.4) is 0 Å². The maximum atomic E-state index is 12.0. The van der Waals surface area contributed by atoms with E-state index in [0.717, 1.165) is 5.56 Å². The molecule has 0 radical (unpaired) electrons. The Hall–Kier alpha value is -1.88. The molecule has 100 valence electrons. The van der Waals surface area contributed by atoms with Crippen molar-refractivity contribution in [2.75, 3.05) is 0 Å². The van der Waals surface area contributed by atoms with Gasteiger partial charge in [-0.1, -0.05) is 17.7 Å². The highest BCUT2D eigenvalue weighted by molar-refractivity contribution is 6.34. The minimum absolute atomic E-state index is 0.221. The van der Waals surface area contributed by atoms with Gasteiger partial charge < -0.3 is 5.32 Å². The molecule has 1 aliphatic rings. The molecule has 1 aliphatic heterocycles. The minimum atomic E-state index is -0.692. The van der Waals surface area contributed by atoms with Crippen LogP contribution in [0.15, 0.2) is 18.2 Å². The lowest BCUT2D eigenvalue weighted by atomic mass is 10.1. The molecule has 1 saturated heterocycles. The van der Waals surface area contributed by atoms with Gasteiger partial charge >= 0.3 is 0 Å². The number of rotatable bonds is 2. The summed E-state index contributed by atoms with van der Waals surface area (Å²) in [6.45, 7) is 1.87. The Morgan fingerprint density at radius 1 is 1.42 bits per heavy atom. The molecule has 1 aromatic rings. The van der Waals surface area contributed by atoms with Gasteiger partial charge in [0.2, 0.25) is 11.8 Å². The van der Waals surface area contributed by atoms with E-state index >= 15 is 0 Å². The molecule has 1 heterocycles. The summed E-state index contributed by atoms with van der Waals surface area (Å²) in [5.74, 6) is -1.21. The first-order valence-electron chi connectivity index (χ1n) is 5.88. The van der Waals surface area contributed by atoms with Crippen molar-refractivity contribution < 1.29 is 14.4 Å². The van der Waals surface area contributed by atoms with Gasteiger partial charge in [0.25, 0.3) is 5.91 Å². The van der Waals surface area contributed by atoms with Crippen molar-refractivity contribution >= 4 is 29.3 Å². The molecule has 0 aliphatic carbocycles. The normalized spacial score (nSPS) is 18.9. The Kier molecular flexibility index (Phi) is 3.85. The number of nitrogens with one attached hydrogen (secondary N) is 2. The van der Waals surface area contributed by atoms with Crippen LogP contribution in [0.2, 0.25) is 5.02 Å². The summed E-state index contributed by atoms with van der Waals surface area (Å²) in [7, 11) is 0. The molecule has 19 heavy (non-hydrogen) atoms. The molecule has 2 N–H and O–H groups in total. The number of piperidine rings is 1. The maximum Gasteiger partial charge on any atom is 0.253 e. The Morgan fingerprint density at radius 3 is 2.79 bits per heavy atom. The van der Waals surface area contributed by atoms with Crippen LogP contribution in [0.1, 0.15) is 28.8 Å². The molecular formula is C13H13ClN2O3. The molecule has 1 unspecified atom stereocenters. The van der Waals surface area contributed by atoms with Gasteiger partial charge in [0, 0.05) is 6.42 Å². The molecule has 5 nitrogen and oxygen atoms in total. The van der Waals surface area contributed by atoms with Gasteiger partial charge in [0.15, 0.2) is 0 Å². The molecule has 3 amide bonds. The zero-order valence-electron chi connectivity index (χ0n) is 10.3. The summed E-state index contributed by atoms with van der Waals surface area (Å²) in [6.07, 6.45) is 0.526. The van der Waals surface area contributed by atoms with Crippen molar-refractivity contribution in [3.8, 4) is 0 Å². The lowest BCUT2D eigenvalue weighted by Crippen LogP contribution is -2.52. The monoisotopic (exact) mass is 280 g/mol. The Bertz CT molecular complexity index is 557. The van der Waals surface area contributed by atoms with E-state index in [1.165, 1.54) is 0 Å². The fourth-order valence-corrected chi connectivity index (χ4v) is 2.19. The third kappa shape index (κ3) is 3.12. The summed E-state index contributed by atoms with van der Waals surface area (Å²) in [5, 5.41) is 5.10. The van der Waals surface area contributed by atoms with E-state index in [2.05, 4.69) is 10.6 Å². The first kappa shape index (κ1) is 13.5. The fourth-order valence-electron chi connectivity index (χ4n) is 1.87. The zero-order chi connectivity index (χ0) is 14.0. The third-order valence-corrected chi connectivity index (χ3v) is 3.23. The van der Waals surface area contributed by atoms with Crippen molar-refractivity contribution in [1.29, 1.82) is 0 Å². The standard InChI is InChI=1S/C13H13ClN2O3/c1-7-2-3-8(9(14)6-7)12(18)15-10-4-5-11(17)16-13(10)19/h2-3,6,10H,4-5H2,1H3,(H,15,18)(H,16,17,19). The number of hydrogen-bond donors (Lipinski definition) is 2. The lowest BCUT2D eigenvalue weighted by molar-refractivity contribution is -0.134. The Labute approximate surface area is 115 Å². The molecule has 6 heteroatoms. The van der Waals surface area contributed by atoms with Crippen LogP contribution in [0.4, 0.5) is 0 Å². The highest BCUT2D eigenvalue weighted by Crippen LogP contribution is 2.18. The predicted molar refractivity (Wildman–Crippen MR) is 69.8 cm³/mol. The summed E-state index contributed by atoms with van der Waals surface area (Å²) in [5.41, 5.74) is 1.26. The third-order valence-electron chi connectivity index (χ3n) is 2.91. The van der Waals surface area contributed by atoms with E-state index in [4.69, 9.17) is 11.6 Å². The van der Waals surface area contributed by atoms with Crippen molar-refractivity contribution in [2.24, 2.45) is 0 Å². The van der Waals surface area contributed by atoms with Gasteiger partial charge in [-0.3, -0.25) is 19.7 Å². The molecule has 2 rings (SSSR count). The molecule has 0 saturated carbocycles. The van der Waals surface area contributed by atoms with E-state index in [9.17, 15) is 14.4 Å². The van der Waals surface area contributed by atoms with Gasteiger partial charge in [0.05, 0.1) is 10.6 Å². The van der Waals surface area contributed by atoms with Crippen molar-refractivity contribution in [2.45, 2.75) is 25.8 Å². The van der Waals surface area contributed by atoms with E-state index in [0.29, 0.717) is 17.0 Å². The quantitative estimate of drug-likeness (QED) is 0.799. The molecule has 1 atom stereocenters. The maximum absolute atomic E-state index is 12.0. The van der Waals surface area contributed by atoms with Crippen LogP contribution in [0.25, 0.3) is 0 Å². The smallest absolute Gasteiger partial charge is 0.253 e. The topological polar surface area (TPSA) is 75.3 Å². The van der Waals surface area contributed by atoms with Gasteiger partial charge in [-0.25, -0.2) is 0 Å². The average Bonchev–Trinajstić information content (AvgIpc) is 2.32. The summed E-state index contributed by atoms with van der Waals surface area (Å²) >= 11 is 5.99. The summed E-state index contributed by atoms with van der Waals surface area (Å²) < 4.78 is 0. The molecule has 1 fully saturated rings. The number of carbonyl (C=O) groups is 3. The van der Waals surface area contributed by atoms with E-state index in [1.807, 2.05) is 6.92 Å². The molecule has 0 aromatic heterocycles. The van der Waals surface area contributed by atoms with Crippen molar-refractivity contribution in [3.05, 3.63) is 34.3 Å². The van der Waals surface area contributed by atoms with E-state index in [-0.39, 0.29) is 12.3 Å². The first-order chi connectivity index (χ1) is 8.97. The zero-order valence-corrected chi connectivity index (χ0v) is 11.1. The van der Waals surface area contributed by atoms with Crippen LogP contribution in [0, 0.1) is 6.92 Å². The van der Waals surface area contributed by atoms with Crippen LogP contribution in [-0.4, -0.2) is 23.8 Å². The Morgan fingerprint density at radius 2 is 2.16 bits per heavy atom. The lowest BCUT2D eigenvalue weighted by Gasteiger charge is -2.22. The van der Waals surface area contributed by atoms with Gasteiger partial charge in [0.1, 0.15) is 6.04 Å². The molecular weight excluding hydrogens is 268 g/mol. The van der Waals surface area contributed by atoms with Gasteiger partial charge in [-0.2, -0.15) is 0 Å². The fraction of sp³-hybridized carbons (Fsp3) is 0.308. The predicted octanol–water partition coefficient (Wildman–Crippen LogP) is 1.18. The number of imide groups is 1. The number of carbonyl (C=O) groups excluding carboxylic acids is 3. The minimum Gasteiger partial charge on any atom is -0.340 e. The largest absolute Gasteiger partial charge is 0.340 e. The SMILES string of the molecule is Cc1ccc(C(=O)NC2CCC(=O)NC2=O)c(Cl)c1. The summed E-state index contributed by atoms with van der Waals surface area (Å²) in [4.78, 5) is 34.5. The highest BCUT2D eigenvalue weighted by atomic mass is 35.5. The number of benzene rings is 1. The second-order valence-electron chi connectivity index (χ2n) is 4.46. The van der Waals surface area contributed by atoms with E-state index in [1.54, 1.807) is 18.2 Å². The molecule has 1 aromatic carbocycles. The van der Waals surface area contributed by atoms with Crippen LogP contribution in [-0.2, 0) is 9.59 Å². The molecule has 0 bridgehead atoms. The number of amides is 3. The average molecular weight is 281 g/mol.